The van der Waals surface area contributed by atoms with Crippen molar-refractivity contribution >= 4 is 0 Å². The molecule has 0 aliphatic heterocycles. The van der Waals surface area contributed by atoms with E-state index in [1.807, 2.05) is 12.2 Å². The summed E-state index contributed by atoms with van der Waals surface area (Å²) in [4.78, 5) is 0. The normalized spacial score (nSPS) is 17.8. The number of hydrogen-bond donors (Lipinski definition) is 0. The fourth-order valence-electron chi connectivity index (χ4n) is 1.55. The van der Waals surface area contributed by atoms with Crippen LogP contribution in [0.5, 0.6) is 0 Å². The fourth-order valence-corrected chi connectivity index (χ4v) is 1.55. The highest BCUT2D eigenvalue weighted by atomic mass is 14.1. The third-order valence-corrected chi connectivity index (χ3v) is 2.54. The first-order chi connectivity index (χ1) is 6.27. The Morgan fingerprint density at radius 3 is 2.85 bits per heavy atom. The average molecular weight is 174 g/mol. The van der Waals surface area contributed by atoms with Crippen LogP contribution < -0.4 is 0 Å². The van der Waals surface area contributed by atoms with Crippen molar-refractivity contribution in [2.24, 2.45) is 0 Å². The Balaban J connectivity index is 2.85. The number of allylic oxidation sites excluding steroid dienone is 7. The summed E-state index contributed by atoms with van der Waals surface area (Å²) in [7, 11) is 0. The molecule has 0 radical (unpaired) electrons. The molecule has 0 saturated heterocycles. The lowest BCUT2D eigenvalue weighted by Crippen LogP contribution is -1.94. The van der Waals surface area contributed by atoms with Gasteiger partial charge in [-0.3, -0.25) is 0 Å². The van der Waals surface area contributed by atoms with E-state index in [1.54, 1.807) is 5.57 Å². The summed E-state index contributed by atoms with van der Waals surface area (Å²) in [5.41, 5.74) is 4.44. The molecule has 0 aromatic rings. The highest BCUT2D eigenvalue weighted by molar-refractivity contribution is 5.41. The zero-order chi connectivity index (χ0) is 9.68. The van der Waals surface area contributed by atoms with Crippen molar-refractivity contribution in [1.29, 1.82) is 0 Å². The van der Waals surface area contributed by atoms with E-state index in [4.69, 9.17) is 0 Å². The lowest BCUT2D eigenvalue weighted by molar-refractivity contribution is 0.849. The molecule has 0 fully saturated rings. The van der Waals surface area contributed by atoms with E-state index < -0.39 is 0 Å². The molecular weight excluding hydrogens is 156 g/mol. The molecule has 0 aromatic carbocycles. The Bertz CT molecular complexity index is 274. The van der Waals surface area contributed by atoms with Gasteiger partial charge in [0.15, 0.2) is 0 Å². The second-order valence-electron chi connectivity index (χ2n) is 3.49. The molecule has 0 saturated carbocycles. The Kier molecular flexibility index (Phi) is 3.75. The first kappa shape index (κ1) is 10.0. The van der Waals surface area contributed by atoms with Gasteiger partial charge < -0.3 is 0 Å². The first-order valence-corrected chi connectivity index (χ1v) is 4.96. The fraction of sp³-hybridized carbons (Fsp3) is 0.385. The van der Waals surface area contributed by atoms with Crippen LogP contribution in [0.25, 0.3) is 0 Å². The molecule has 0 aromatic heterocycles. The van der Waals surface area contributed by atoms with Crippen LogP contribution in [0, 0.1) is 0 Å². The van der Waals surface area contributed by atoms with Gasteiger partial charge in [0.05, 0.1) is 0 Å². The van der Waals surface area contributed by atoms with Crippen LogP contribution >= 0.6 is 0 Å². The second-order valence-corrected chi connectivity index (χ2v) is 3.49. The quantitative estimate of drug-likeness (QED) is 0.563. The van der Waals surface area contributed by atoms with Crippen LogP contribution in [0.15, 0.2) is 47.6 Å². The standard InChI is InChI=1S/C13H18/c1-4-6-7-13-10-12(5-2)9-8-11(13)3/h4,6-7,10H,1,5,8-9H2,2-3H3/b7-6-. The summed E-state index contributed by atoms with van der Waals surface area (Å²) in [6, 6.07) is 0. The largest absolute Gasteiger partial charge is 0.0991 e. The summed E-state index contributed by atoms with van der Waals surface area (Å²) in [5, 5.41) is 0. The number of hydrogen-bond acceptors (Lipinski definition) is 0. The topological polar surface area (TPSA) is 0 Å². The van der Waals surface area contributed by atoms with Crippen molar-refractivity contribution in [3.8, 4) is 0 Å². The maximum Gasteiger partial charge on any atom is -0.0268 e. The molecule has 0 heteroatoms. The van der Waals surface area contributed by atoms with Crippen LogP contribution in [0.2, 0.25) is 0 Å². The third kappa shape index (κ3) is 2.73. The molecule has 0 N–H and O–H groups in total. The highest BCUT2D eigenvalue weighted by Crippen LogP contribution is 2.25. The summed E-state index contributed by atoms with van der Waals surface area (Å²) in [6.45, 7) is 8.12. The monoisotopic (exact) mass is 174 g/mol. The van der Waals surface area contributed by atoms with Crippen molar-refractivity contribution in [3.05, 3.63) is 47.6 Å². The van der Waals surface area contributed by atoms with Crippen LogP contribution in [-0.4, -0.2) is 0 Å². The van der Waals surface area contributed by atoms with E-state index in [-0.39, 0.29) is 0 Å². The SMILES string of the molecule is C=C/C=C\C1=C(C)CCC(CC)=C1. The Morgan fingerprint density at radius 2 is 2.23 bits per heavy atom. The second kappa shape index (κ2) is 4.86. The van der Waals surface area contributed by atoms with Crippen molar-refractivity contribution in [2.75, 3.05) is 0 Å². The van der Waals surface area contributed by atoms with Crippen molar-refractivity contribution in [1.82, 2.24) is 0 Å². The molecule has 13 heavy (non-hydrogen) atoms. The molecule has 0 spiro atoms. The minimum Gasteiger partial charge on any atom is -0.0991 e. The van der Waals surface area contributed by atoms with Crippen LogP contribution in [-0.2, 0) is 0 Å². The van der Waals surface area contributed by atoms with Gasteiger partial charge in [-0.05, 0) is 31.8 Å². The van der Waals surface area contributed by atoms with Crippen molar-refractivity contribution in [2.45, 2.75) is 33.1 Å². The predicted octanol–water partition coefficient (Wildman–Crippen LogP) is 4.18. The number of rotatable bonds is 3. The van der Waals surface area contributed by atoms with Gasteiger partial charge in [0, 0.05) is 0 Å². The predicted molar refractivity (Wildman–Crippen MR) is 59.6 cm³/mol. The molecule has 0 unspecified atom stereocenters. The lowest BCUT2D eigenvalue weighted by Gasteiger charge is -2.14. The van der Waals surface area contributed by atoms with Gasteiger partial charge >= 0.3 is 0 Å². The third-order valence-electron chi connectivity index (χ3n) is 2.54. The van der Waals surface area contributed by atoms with E-state index in [1.165, 1.54) is 30.4 Å². The Morgan fingerprint density at radius 1 is 1.46 bits per heavy atom. The molecule has 0 nitrogen and oxygen atoms in total. The first-order valence-electron chi connectivity index (χ1n) is 4.96. The van der Waals surface area contributed by atoms with E-state index in [0.29, 0.717) is 0 Å². The molecule has 1 aliphatic rings. The highest BCUT2D eigenvalue weighted by Gasteiger charge is 2.06. The summed E-state index contributed by atoms with van der Waals surface area (Å²) in [6.07, 6.45) is 11.9. The van der Waals surface area contributed by atoms with E-state index in [2.05, 4.69) is 32.6 Å². The van der Waals surface area contributed by atoms with Gasteiger partial charge in [0.1, 0.15) is 0 Å². The van der Waals surface area contributed by atoms with Gasteiger partial charge in [-0.1, -0.05) is 49.0 Å². The smallest absolute Gasteiger partial charge is 0.0268 e. The molecular formula is C13H18. The van der Waals surface area contributed by atoms with Crippen LogP contribution in [0.3, 0.4) is 0 Å². The van der Waals surface area contributed by atoms with E-state index in [9.17, 15) is 0 Å². The Labute approximate surface area is 81.4 Å². The summed E-state index contributed by atoms with van der Waals surface area (Å²) < 4.78 is 0. The van der Waals surface area contributed by atoms with Gasteiger partial charge in [-0.2, -0.15) is 0 Å². The molecule has 0 atom stereocenters. The molecule has 0 amide bonds. The van der Waals surface area contributed by atoms with Crippen molar-refractivity contribution < 1.29 is 0 Å². The van der Waals surface area contributed by atoms with Gasteiger partial charge in [-0.25, -0.2) is 0 Å². The minimum atomic E-state index is 1.18. The van der Waals surface area contributed by atoms with Crippen LogP contribution in [0.1, 0.15) is 33.1 Å². The molecule has 0 heterocycles. The summed E-state index contributed by atoms with van der Waals surface area (Å²) in [5.74, 6) is 0. The molecule has 1 rings (SSSR count). The Hall–Kier alpha value is -1.04. The zero-order valence-corrected chi connectivity index (χ0v) is 8.64. The van der Waals surface area contributed by atoms with E-state index >= 15 is 0 Å². The average Bonchev–Trinajstić information content (AvgIpc) is 2.17. The van der Waals surface area contributed by atoms with E-state index in [0.717, 1.165) is 0 Å². The maximum atomic E-state index is 3.68. The molecule has 70 valence electrons. The maximum absolute atomic E-state index is 3.68. The minimum absolute atomic E-state index is 1.18. The zero-order valence-electron chi connectivity index (χ0n) is 8.64. The summed E-state index contributed by atoms with van der Waals surface area (Å²) >= 11 is 0. The molecule has 1 aliphatic carbocycles. The van der Waals surface area contributed by atoms with Gasteiger partial charge in [-0.15, -0.1) is 0 Å². The molecule has 0 bridgehead atoms. The van der Waals surface area contributed by atoms with Gasteiger partial charge in [0.25, 0.3) is 0 Å². The van der Waals surface area contributed by atoms with Crippen molar-refractivity contribution in [3.63, 3.8) is 0 Å². The van der Waals surface area contributed by atoms with Crippen LogP contribution in [0.4, 0.5) is 0 Å². The van der Waals surface area contributed by atoms with Gasteiger partial charge in [0.2, 0.25) is 0 Å². The lowest BCUT2D eigenvalue weighted by atomic mass is 9.92.